The van der Waals surface area contributed by atoms with Crippen LogP contribution < -0.4 is 9.54 Å². The SMILES string of the molecule is CCOCCn1c(=NC(=O)C2CCCCC2)sc2cc(OCC)ccc21. The van der Waals surface area contributed by atoms with E-state index < -0.39 is 0 Å². The van der Waals surface area contributed by atoms with Crippen molar-refractivity contribution in [3.8, 4) is 5.75 Å². The summed E-state index contributed by atoms with van der Waals surface area (Å²) in [5.41, 5.74) is 1.08. The third kappa shape index (κ3) is 4.54. The van der Waals surface area contributed by atoms with Gasteiger partial charge in [-0.3, -0.25) is 4.79 Å². The highest BCUT2D eigenvalue weighted by Crippen LogP contribution is 2.26. The molecule has 0 radical (unpaired) electrons. The third-order valence-corrected chi connectivity index (χ3v) is 5.83. The summed E-state index contributed by atoms with van der Waals surface area (Å²) < 4.78 is 14.3. The molecule has 1 amide bonds. The van der Waals surface area contributed by atoms with Gasteiger partial charge in [0.05, 0.1) is 23.4 Å². The standard InChI is InChI=1S/C20H28N2O3S/c1-3-24-13-12-22-17-11-10-16(25-4-2)14-18(17)26-20(22)21-19(23)15-8-6-5-7-9-15/h10-11,14-15H,3-9,12-13H2,1-2H3. The molecule has 0 aliphatic heterocycles. The normalized spacial score (nSPS) is 16.3. The fourth-order valence-electron chi connectivity index (χ4n) is 3.45. The molecular formula is C20H28N2O3S. The Hall–Kier alpha value is -1.66. The van der Waals surface area contributed by atoms with E-state index in [0.717, 1.165) is 46.5 Å². The molecule has 1 aliphatic carbocycles. The number of carbonyl (C=O) groups is 1. The van der Waals surface area contributed by atoms with Crippen molar-refractivity contribution >= 4 is 27.5 Å². The maximum Gasteiger partial charge on any atom is 0.251 e. The van der Waals surface area contributed by atoms with Crippen molar-refractivity contribution in [3.05, 3.63) is 23.0 Å². The van der Waals surface area contributed by atoms with E-state index in [-0.39, 0.29) is 11.8 Å². The van der Waals surface area contributed by atoms with E-state index in [0.29, 0.717) is 26.4 Å². The van der Waals surface area contributed by atoms with Crippen molar-refractivity contribution < 1.29 is 14.3 Å². The molecule has 0 spiro atoms. The van der Waals surface area contributed by atoms with Crippen LogP contribution >= 0.6 is 11.3 Å². The van der Waals surface area contributed by atoms with Gasteiger partial charge in [-0.2, -0.15) is 4.99 Å². The third-order valence-electron chi connectivity index (χ3n) is 4.79. The lowest BCUT2D eigenvalue weighted by Gasteiger charge is -2.17. The first-order chi connectivity index (χ1) is 12.7. The Kier molecular flexibility index (Phi) is 6.86. The molecule has 0 N–H and O–H groups in total. The van der Waals surface area contributed by atoms with Crippen LogP contribution in [0.1, 0.15) is 46.0 Å². The zero-order valence-corrected chi connectivity index (χ0v) is 16.5. The van der Waals surface area contributed by atoms with Crippen molar-refractivity contribution in [3.63, 3.8) is 0 Å². The molecule has 1 fully saturated rings. The van der Waals surface area contributed by atoms with Crippen molar-refractivity contribution in [1.82, 2.24) is 4.57 Å². The van der Waals surface area contributed by atoms with Gasteiger partial charge in [0.1, 0.15) is 5.75 Å². The van der Waals surface area contributed by atoms with Gasteiger partial charge in [0.15, 0.2) is 4.80 Å². The molecule has 6 heteroatoms. The molecule has 5 nitrogen and oxygen atoms in total. The lowest BCUT2D eigenvalue weighted by Crippen LogP contribution is -2.23. The fraction of sp³-hybridized carbons (Fsp3) is 0.600. The summed E-state index contributed by atoms with van der Waals surface area (Å²) in [7, 11) is 0. The molecule has 26 heavy (non-hydrogen) atoms. The van der Waals surface area contributed by atoms with E-state index in [1.165, 1.54) is 6.42 Å². The first-order valence-corrected chi connectivity index (χ1v) is 10.5. The number of carbonyl (C=O) groups excluding carboxylic acids is 1. The maximum atomic E-state index is 12.7. The van der Waals surface area contributed by atoms with E-state index in [4.69, 9.17) is 9.47 Å². The van der Waals surface area contributed by atoms with Crippen molar-refractivity contribution in [2.75, 3.05) is 19.8 Å². The Bertz CT molecular complexity index is 803. The van der Waals surface area contributed by atoms with E-state index >= 15 is 0 Å². The van der Waals surface area contributed by atoms with Gasteiger partial charge >= 0.3 is 0 Å². The van der Waals surface area contributed by atoms with E-state index in [1.54, 1.807) is 11.3 Å². The zero-order chi connectivity index (χ0) is 18.4. The number of rotatable bonds is 7. The average Bonchev–Trinajstić information content (AvgIpc) is 2.99. The lowest BCUT2D eigenvalue weighted by atomic mass is 9.89. The van der Waals surface area contributed by atoms with Gasteiger partial charge in [-0.25, -0.2) is 0 Å². The first kappa shape index (κ1) is 19.1. The number of benzene rings is 1. The number of hydrogen-bond acceptors (Lipinski definition) is 4. The van der Waals surface area contributed by atoms with Gasteiger partial charge in [-0.05, 0) is 44.9 Å². The molecule has 1 aromatic heterocycles. The van der Waals surface area contributed by atoms with Crippen LogP contribution in [0.3, 0.4) is 0 Å². The number of aromatic nitrogens is 1. The van der Waals surface area contributed by atoms with E-state index in [2.05, 4.69) is 9.56 Å². The van der Waals surface area contributed by atoms with Gasteiger partial charge in [0, 0.05) is 19.1 Å². The number of hydrogen-bond donors (Lipinski definition) is 0. The molecule has 1 aliphatic rings. The Morgan fingerprint density at radius 1 is 1.23 bits per heavy atom. The van der Waals surface area contributed by atoms with E-state index in [1.807, 2.05) is 32.0 Å². The average molecular weight is 377 g/mol. The predicted octanol–water partition coefficient (Wildman–Crippen LogP) is 4.15. The van der Waals surface area contributed by atoms with Crippen LogP contribution in [0.4, 0.5) is 0 Å². The van der Waals surface area contributed by atoms with Gasteiger partial charge < -0.3 is 14.0 Å². The van der Waals surface area contributed by atoms with Crippen LogP contribution in [0.15, 0.2) is 23.2 Å². The van der Waals surface area contributed by atoms with Crippen LogP contribution in [0, 0.1) is 5.92 Å². The highest BCUT2D eigenvalue weighted by Gasteiger charge is 2.21. The van der Waals surface area contributed by atoms with Crippen molar-refractivity contribution in [2.45, 2.75) is 52.5 Å². The molecule has 0 unspecified atom stereocenters. The van der Waals surface area contributed by atoms with Crippen LogP contribution in [0.5, 0.6) is 5.75 Å². The highest BCUT2D eigenvalue weighted by molar-refractivity contribution is 7.16. The smallest absolute Gasteiger partial charge is 0.251 e. The molecule has 1 saturated carbocycles. The monoisotopic (exact) mass is 376 g/mol. The number of thiazole rings is 1. The number of amides is 1. The summed E-state index contributed by atoms with van der Waals surface area (Å²) in [6, 6.07) is 6.06. The second kappa shape index (κ2) is 9.33. The molecule has 2 aromatic rings. The maximum absolute atomic E-state index is 12.7. The number of nitrogens with zero attached hydrogens (tertiary/aromatic N) is 2. The highest BCUT2D eigenvalue weighted by atomic mass is 32.1. The van der Waals surface area contributed by atoms with Crippen LogP contribution in [-0.4, -0.2) is 30.3 Å². The van der Waals surface area contributed by atoms with Gasteiger partial charge in [0.25, 0.3) is 5.91 Å². The summed E-state index contributed by atoms with van der Waals surface area (Å²) in [4.78, 5) is 18.0. The van der Waals surface area contributed by atoms with Crippen LogP contribution in [-0.2, 0) is 16.1 Å². The Balaban J connectivity index is 1.96. The molecule has 3 rings (SSSR count). The minimum atomic E-state index is 0.0337. The summed E-state index contributed by atoms with van der Waals surface area (Å²) in [6.45, 7) is 6.59. The summed E-state index contributed by atoms with van der Waals surface area (Å²) in [5.74, 6) is 0.975. The summed E-state index contributed by atoms with van der Waals surface area (Å²) >= 11 is 1.55. The quantitative estimate of drug-likeness (QED) is 0.682. The molecule has 0 bridgehead atoms. The first-order valence-electron chi connectivity index (χ1n) is 9.65. The summed E-state index contributed by atoms with van der Waals surface area (Å²) in [6.07, 6.45) is 5.46. The number of ether oxygens (including phenoxy) is 2. The Labute approximate surface area is 158 Å². The van der Waals surface area contributed by atoms with Crippen LogP contribution in [0.2, 0.25) is 0 Å². The minimum Gasteiger partial charge on any atom is -0.494 e. The second-order valence-electron chi connectivity index (χ2n) is 6.58. The van der Waals surface area contributed by atoms with Crippen LogP contribution in [0.25, 0.3) is 10.2 Å². The largest absolute Gasteiger partial charge is 0.494 e. The second-order valence-corrected chi connectivity index (χ2v) is 7.59. The van der Waals surface area contributed by atoms with Gasteiger partial charge in [-0.1, -0.05) is 30.6 Å². The topological polar surface area (TPSA) is 52.8 Å². The molecular weight excluding hydrogens is 348 g/mol. The fourth-order valence-corrected chi connectivity index (χ4v) is 4.54. The lowest BCUT2D eigenvalue weighted by molar-refractivity contribution is -0.122. The predicted molar refractivity (Wildman–Crippen MR) is 105 cm³/mol. The van der Waals surface area contributed by atoms with Crippen molar-refractivity contribution in [2.24, 2.45) is 10.9 Å². The molecule has 0 atom stereocenters. The molecule has 1 aromatic carbocycles. The molecule has 0 saturated heterocycles. The van der Waals surface area contributed by atoms with Gasteiger partial charge in [-0.15, -0.1) is 0 Å². The Morgan fingerprint density at radius 3 is 2.77 bits per heavy atom. The summed E-state index contributed by atoms with van der Waals surface area (Å²) in [5, 5.41) is 0. The molecule has 1 heterocycles. The zero-order valence-electron chi connectivity index (χ0n) is 15.7. The molecule has 142 valence electrons. The van der Waals surface area contributed by atoms with E-state index in [9.17, 15) is 4.79 Å². The number of fused-ring (bicyclic) bond motifs is 1. The van der Waals surface area contributed by atoms with Gasteiger partial charge in [0.2, 0.25) is 0 Å². The minimum absolute atomic E-state index is 0.0337. The van der Waals surface area contributed by atoms with Crippen molar-refractivity contribution in [1.29, 1.82) is 0 Å². The Morgan fingerprint density at radius 2 is 2.04 bits per heavy atom.